The molecule has 0 bridgehead atoms. The first-order chi connectivity index (χ1) is 4.81. The van der Waals surface area contributed by atoms with E-state index < -0.39 is 0 Å². The molecule has 0 aromatic carbocycles. The largest absolute Gasteiger partial charge is 0.207 e. The highest BCUT2D eigenvalue weighted by molar-refractivity contribution is 5.16. The number of hydrogen-bond donors (Lipinski definition) is 0. The van der Waals surface area contributed by atoms with Gasteiger partial charge in [-0.05, 0) is 25.5 Å². The maximum absolute atomic E-state index is 12.4. The van der Waals surface area contributed by atoms with Crippen molar-refractivity contribution in [3.63, 3.8) is 0 Å². The minimum absolute atomic E-state index is 0.202. The molecule has 0 saturated heterocycles. The SMILES string of the molecule is C\C=C/C(F)=C\C=C\CC. The van der Waals surface area contributed by atoms with Crippen LogP contribution in [-0.2, 0) is 0 Å². The maximum atomic E-state index is 12.4. The third-order valence-corrected chi connectivity index (χ3v) is 0.953. The number of halogens is 1. The molecule has 0 aliphatic carbocycles. The van der Waals surface area contributed by atoms with Crippen LogP contribution in [0.4, 0.5) is 4.39 Å². The average Bonchev–Trinajstić information content (AvgIpc) is 1.89. The van der Waals surface area contributed by atoms with Crippen LogP contribution in [0.3, 0.4) is 0 Å². The topological polar surface area (TPSA) is 0 Å². The molecule has 0 amide bonds. The highest BCUT2D eigenvalue weighted by Crippen LogP contribution is 1.98. The molecule has 0 rings (SSSR count). The lowest BCUT2D eigenvalue weighted by Crippen LogP contribution is -1.61. The first-order valence-corrected chi connectivity index (χ1v) is 3.46. The normalized spacial score (nSPS) is 13.7. The molecule has 0 atom stereocenters. The third-order valence-electron chi connectivity index (χ3n) is 0.953. The van der Waals surface area contributed by atoms with Crippen LogP contribution in [0.25, 0.3) is 0 Å². The molecule has 0 unspecified atom stereocenters. The van der Waals surface area contributed by atoms with Gasteiger partial charge in [0, 0.05) is 0 Å². The molecule has 0 nitrogen and oxygen atoms in total. The van der Waals surface area contributed by atoms with Crippen molar-refractivity contribution >= 4 is 0 Å². The molecule has 0 aliphatic rings. The summed E-state index contributed by atoms with van der Waals surface area (Å²) in [5.41, 5.74) is 0. The lowest BCUT2D eigenvalue weighted by molar-refractivity contribution is 0.667. The summed E-state index contributed by atoms with van der Waals surface area (Å²) in [5, 5.41) is 0. The van der Waals surface area contributed by atoms with Gasteiger partial charge >= 0.3 is 0 Å². The van der Waals surface area contributed by atoms with Crippen molar-refractivity contribution in [2.45, 2.75) is 20.3 Å². The Morgan fingerprint density at radius 1 is 1.50 bits per heavy atom. The van der Waals surface area contributed by atoms with Crippen LogP contribution in [0.5, 0.6) is 0 Å². The van der Waals surface area contributed by atoms with Crippen LogP contribution >= 0.6 is 0 Å². The minimum atomic E-state index is -0.202. The van der Waals surface area contributed by atoms with Gasteiger partial charge in [-0.1, -0.05) is 25.2 Å². The molecule has 0 aromatic heterocycles. The average molecular weight is 140 g/mol. The van der Waals surface area contributed by atoms with E-state index in [2.05, 4.69) is 0 Å². The van der Waals surface area contributed by atoms with Crippen LogP contribution in [0.2, 0.25) is 0 Å². The molecule has 0 heterocycles. The first kappa shape index (κ1) is 9.15. The number of hydrogen-bond acceptors (Lipinski definition) is 0. The Morgan fingerprint density at radius 3 is 2.70 bits per heavy atom. The lowest BCUT2D eigenvalue weighted by Gasteiger charge is -1.80. The Balaban J connectivity index is 3.79. The van der Waals surface area contributed by atoms with E-state index in [1.807, 2.05) is 13.0 Å². The summed E-state index contributed by atoms with van der Waals surface area (Å²) in [7, 11) is 0. The third kappa shape index (κ3) is 5.29. The fraction of sp³-hybridized carbons (Fsp3) is 0.333. The molecule has 56 valence electrons. The van der Waals surface area contributed by atoms with Crippen molar-refractivity contribution in [1.82, 2.24) is 0 Å². The van der Waals surface area contributed by atoms with E-state index in [9.17, 15) is 4.39 Å². The Bertz CT molecular complexity index is 152. The summed E-state index contributed by atoms with van der Waals surface area (Å²) in [6.45, 7) is 3.80. The second kappa shape index (κ2) is 6.27. The Hall–Kier alpha value is -0.850. The van der Waals surface area contributed by atoms with E-state index in [4.69, 9.17) is 0 Å². The summed E-state index contributed by atoms with van der Waals surface area (Å²) in [4.78, 5) is 0. The van der Waals surface area contributed by atoms with Crippen molar-refractivity contribution in [3.8, 4) is 0 Å². The maximum Gasteiger partial charge on any atom is 0.122 e. The van der Waals surface area contributed by atoms with Crippen molar-refractivity contribution < 1.29 is 4.39 Å². The van der Waals surface area contributed by atoms with E-state index in [-0.39, 0.29) is 5.83 Å². The molecule has 0 spiro atoms. The standard InChI is InChI=1S/C9H13F/c1-3-5-6-8-9(10)7-4-2/h4-8H,3H2,1-2H3/b6-5+,7-4-,9-8+. The highest BCUT2D eigenvalue weighted by Gasteiger charge is 1.79. The molecule has 0 aromatic rings. The van der Waals surface area contributed by atoms with Crippen LogP contribution in [0.1, 0.15) is 20.3 Å². The van der Waals surface area contributed by atoms with Crippen LogP contribution in [0.15, 0.2) is 36.2 Å². The van der Waals surface area contributed by atoms with Gasteiger partial charge in [0.1, 0.15) is 5.83 Å². The molecule has 1 heteroatoms. The Labute approximate surface area is 61.8 Å². The van der Waals surface area contributed by atoms with Gasteiger partial charge in [0.2, 0.25) is 0 Å². The second-order valence-electron chi connectivity index (χ2n) is 1.89. The number of allylic oxidation sites excluding steroid dienone is 6. The zero-order valence-corrected chi connectivity index (χ0v) is 6.47. The summed E-state index contributed by atoms with van der Waals surface area (Å²) in [5.74, 6) is -0.202. The summed E-state index contributed by atoms with van der Waals surface area (Å²) >= 11 is 0. The van der Waals surface area contributed by atoms with E-state index in [1.165, 1.54) is 12.2 Å². The molecular weight excluding hydrogens is 127 g/mol. The highest BCUT2D eigenvalue weighted by atomic mass is 19.1. The fourth-order valence-electron chi connectivity index (χ4n) is 0.511. The zero-order chi connectivity index (χ0) is 7.82. The van der Waals surface area contributed by atoms with Gasteiger partial charge in [0.25, 0.3) is 0 Å². The van der Waals surface area contributed by atoms with Gasteiger partial charge in [-0.25, -0.2) is 4.39 Å². The molecule has 0 aliphatic heterocycles. The smallest absolute Gasteiger partial charge is 0.122 e. The number of rotatable bonds is 3. The molecule has 0 N–H and O–H groups in total. The predicted molar refractivity (Wildman–Crippen MR) is 43.4 cm³/mol. The van der Waals surface area contributed by atoms with E-state index >= 15 is 0 Å². The van der Waals surface area contributed by atoms with Gasteiger partial charge in [0.15, 0.2) is 0 Å². The Kier molecular flexibility index (Phi) is 5.74. The first-order valence-electron chi connectivity index (χ1n) is 3.46. The monoisotopic (exact) mass is 140 g/mol. The predicted octanol–water partition coefficient (Wildman–Crippen LogP) is 3.38. The zero-order valence-electron chi connectivity index (χ0n) is 6.47. The van der Waals surface area contributed by atoms with Gasteiger partial charge < -0.3 is 0 Å². The second-order valence-corrected chi connectivity index (χ2v) is 1.89. The van der Waals surface area contributed by atoms with Crippen LogP contribution in [0, 0.1) is 0 Å². The van der Waals surface area contributed by atoms with Crippen molar-refractivity contribution in [1.29, 1.82) is 0 Å². The van der Waals surface area contributed by atoms with Crippen molar-refractivity contribution in [2.24, 2.45) is 0 Å². The molecule has 0 saturated carbocycles. The van der Waals surface area contributed by atoms with Crippen molar-refractivity contribution in [2.75, 3.05) is 0 Å². The summed E-state index contributed by atoms with van der Waals surface area (Å²) in [6, 6.07) is 0. The van der Waals surface area contributed by atoms with Gasteiger partial charge in [-0.15, -0.1) is 0 Å². The fourth-order valence-corrected chi connectivity index (χ4v) is 0.511. The van der Waals surface area contributed by atoms with Crippen LogP contribution in [-0.4, -0.2) is 0 Å². The van der Waals surface area contributed by atoms with Gasteiger partial charge in [0.05, 0.1) is 0 Å². The molecule has 0 fully saturated rings. The van der Waals surface area contributed by atoms with Crippen LogP contribution < -0.4 is 0 Å². The Morgan fingerprint density at radius 2 is 2.20 bits per heavy atom. The molecular formula is C9H13F. The van der Waals surface area contributed by atoms with E-state index in [0.717, 1.165) is 6.42 Å². The quantitative estimate of drug-likeness (QED) is 0.527. The van der Waals surface area contributed by atoms with Gasteiger partial charge in [-0.2, -0.15) is 0 Å². The molecule has 0 radical (unpaired) electrons. The van der Waals surface area contributed by atoms with E-state index in [0.29, 0.717) is 0 Å². The summed E-state index contributed by atoms with van der Waals surface area (Å²) < 4.78 is 12.4. The van der Waals surface area contributed by atoms with E-state index in [1.54, 1.807) is 19.1 Å². The molecule has 10 heavy (non-hydrogen) atoms. The van der Waals surface area contributed by atoms with Gasteiger partial charge in [-0.3, -0.25) is 0 Å². The summed E-state index contributed by atoms with van der Waals surface area (Å²) in [6.07, 6.45) is 9.12. The minimum Gasteiger partial charge on any atom is -0.207 e. The van der Waals surface area contributed by atoms with Crippen molar-refractivity contribution in [3.05, 3.63) is 36.2 Å². The lowest BCUT2D eigenvalue weighted by atomic mass is 10.3.